The average molecular weight is 273 g/mol. The minimum atomic E-state index is -3.32. The van der Waals surface area contributed by atoms with Crippen molar-refractivity contribution in [1.29, 1.82) is 5.26 Å². The number of rotatable bonds is 5. The summed E-state index contributed by atoms with van der Waals surface area (Å²) in [5, 5.41) is 11.7. The second kappa shape index (κ2) is 6.16. The predicted octanol–water partition coefficient (Wildman–Crippen LogP) is 0.126. The number of hydrogen-bond acceptors (Lipinski definition) is 4. The third kappa shape index (κ3) is 3.68. The summed E-state index contributed by atoms with van der Waals surface area (Å²) >= 11 is 0. The minimum absolute atomic E-state index is 0.0332. The highest BCUT2D eigenvalue weighted by atomic mass is 32.2. The number of carbonyl (C=O) groups is 1. The Bertz CT molecular complexity index is 433. The first kappa shape index (κ1) is 14.9. The Morgan fingerprint density at radius 3 is 2.44 bits per heavy atom. The van der Waals surface area contributed by atoms with E-state index in [1.807, 2.05) is 0 Å². The van der Waals surface area contributed by atoms with Crippen LogP contribution in [0.25, 0.3) is 0 Å². The van der Waals surface area contributed by atoms with Gasteiger partial charge in [0.2, 0.25) is 15.9 Å². The number of nitrogens with one attached hydrogen (secondary N) is 2. The molecule has 0 aromatic carbocycles. The third-order valence-corrected chi connectivity index (χ3v) is 4.69. The highest BCUT2D eigenvalue weighted by Gasteiger charge is 2.39. The Kier molecular flexibility index (Phi) is 5.11. The first-order valence-corrected chi connectivity index (χ1v) is 7.72. The maximum atomic E-state index is 12.0. The van der Waals surface area contributed by atoms with Gasteiger partial charge in [0, 0.05) is 6.54 Å². The van der Waals surface area contributed by atoms with Crippen LogP contribution in [0, 0.1) is 16.7 Å². The van der Waals surface area contributed by atoms with Crippen molar-refractivity contribution in [2.75, 3.05) is 19.3 Å². The fourth-order valence-electron chi connectivity index (χ4n) is 2.12. The van der Waals surface area contributed by atoms with Crippen molar-refractivity contribution >= 4 is 15.9 Å². The molecule has 1 saturated carbocycles. The SMILES string of the molecule is CNS(=O)(=O)CCNC(=O)C1(C#N)CCCCC1. The van der Waals surface area contributed by atoms with Crippen LogP contribution in [0.15, 0.2) is 0 Å². The highest BCUT2D eigenvalue weighted by Crippen LogP contribution is 2.35. The summed E-state index contributed by atoms with van der Waals surface area (Å²) in [6.45, 7) is 0.0332. The molecule has 2 N–H and O–H groups in total. The van der Waals surface area contributed by atoms with Crippen LogP contribution in [-0.2, 0) is 14.8 Å². The Morgan fingerprint density at radius 2 is 1.94 bits per heavy atom. The van der Waals surface area contributed by atoms with E-state index in [1.165, 1.54) is 7.05 Å². The van der Waals surface area contributed by atoms with Crippen LogP contribution in [-0.4, -0.2) is 33.7 Å². The van der Waals surface area contributed by atoms with Crippen molar-refractivity contribution in [3.8, 4) is 6.07 Å². The lowest BCUT2D eigenvalue weighted by atomic mass is 9.74. The zero-order valence-corrected chi connectivity index (χ0v) is 11.3. The van der Waals surface area contributed by atoms with Crippen LogP contribution < -0.4 is 10.0 Å². The lowest BCUT2D eigenvalue weighted by Crippen LogP contribution is -2.43. The van der Waals surface area contributed by atoms with E-state index in [4.69, 9.17) is 0 Å². The second-order valence-electron chi connectivity index (χ2n) is 4.53. The number of nitrogens with zero attached hydrogens (tertiary/aromatic N) is 1. The second-order valence-corrected chi connectivity index (χ2v) is 6.58. The maximum Gasteiger partial charge on any atom is 0.240 e. The molecule has 102 valence electrons. The van der Waals surface area contributed by atoms with Gasteiger partial charge in [-0.2, -0.15) is 5.26 Å². The molecule has 0 aliphatic heterocycles. The van der Waals surface area contributed by atoms with Gasteiger partial charge in [0.25, 0.3) is 0 Å². The van der Waals surface area contributed by atoms with Gasteiger partial charge in [0.05, 0.1) is 11.8 Å². The number of nitriles is 1. The van der Waals surface area contributed by atoms with Gasteiger partial charge in [-0.1, -0.05) is 19.3 Å². The van der Waals surface area contributed by atoms with Crippen LogP contribution in [0.3, 0.4) is 0 Å². The van der Waals surface area contributed by atoms with E-state index in [2.05, 4.69) is 16.1 Å². The summed E-state index contributed by atoms with van der Waals surface area (Å²) in [6.07, 6.45) is 3.92. The lowest BCUT2D eigenvalue weighted by Gasteiger charge is -2.29. The van der Waals surface area contributed by atoms with E-state index in [0.717, 1.165) is 19.3 Å². The number of amides is 1. The zero-order valence-electron chi connectivity index (χ0n) is 10.5. The summed E-state index contributed by atoms with van der Waals surface area (Å²) in [7, 11) is -1.99. The van der Waals surface area contributed by atoms with E-state index < -0.39 is 15.4 Å². The molecule has 0 atom stereocenters. The molecule has 6 nitrogen and oxygen atoms in total. The first-order chi connectivity index (χ1) is 8.46. The Labute approximate surface area is 108 Å². The number of sulfonamides is 1. The van der Waals surface area contributed by atoms with Gasteiger partial charge in [0.15, 0.2) is 0 Å². The van der Waals surface area contributed by atoms with Crippen LogP contribution in [0.4, 0.5) is 0 Å². The highest BCUT2D eigenvalue weighted by molar-refractivity contribution is 7.89. The molecule has 18 heavy (non-hydrogen) atoms. The topological polar surface area (TPSA) is 99.1 Å². The summed E-state index contributed by atoms with van der Waals surface area (Å²) < 4.78 is 24.5. The average Bonchev–Trinajstić information content (AvgIpc) is 2.39. The molecule has 1 rings (SSSR count). The van der Waals surface area contributed by atoms with Gasteiger partial charge >= 0.3 is 0 Å². The predicted molar refractivity (Wildman–Crippen MR) is 67.0 cm³/mol. The van der Waals surface area contributed by atoms with Gasteiger partial charge in [-0.05, 0) is 19.9 Å². The van der Waals surface area contributed by atoms with Crippen LogP contribution in [0.2, 0.25) is 0 Å². The van der Waals surface area contributed by atoms with E-state index in [-0.39, 0.29) is 18.2 Å². The monoisotopic (exact) mass is 273 g/mol. The molecule has 0 bridgehead atoms. The Morgan fingerprint density at radius 1 is 1.33 bits per heavy atom. The molecule has 1 amide bonds. The summed E-state index contributed by atoms with van der Waals surface area (Å²) in [4.78, 5) is 12.0. The van der Waals surface area contributed by atoms with Crippen molar-refractivity contribution in [2.45, 2.75) is 32.1 Å². The van der Waals surface area contributed by atoms with Crippen LogP contribution in [0.5, 0.6) is 0 Å². The molecule has 1 fully saturated rings. The molecule has 1 aliphatic carbocycles. The van der Waals surface area contributed by atoms with Crippen molar-refractivity contribution in [3.63, 3.8) is 0 Å². The number of hydrogen-bond donors (Lipinski definition) is 2. The van der Waals surface area contributed by atoms with Crippen molar-refractivity contribution in [1.82, 2.24) is 10.0 Å². The normalized spacial score (nSPS) is 18.9. The van der Waals surface area contributed by atoms with Gasteiger partial charge in [-0.15, -0.1) is 0 Å². The van der Waals surface area contributed by atoms with E-state index in [1.54, 1.807) is 0 Å². The van der Waals surface area contributed by atoms with Gasteiger partial charge < -0.3 is 5.32 Å². The summed E-state index contributed by atoms with van der Waals surface area (Å²) in [5.41, 5.74) is -0.957. The fraction of sp³-hybridized carbons (Fsp3) is 0.818. The quantitative estimate of drug-likeness (QED) is 0.743. The largest absolute Gasteiger partial charge is 0.354 e. The molecule has 1 aliphatic rings. The van der Waals surface area contributed by atoms with Crippen molar-refractivity contribution in [3.05, 3.63) is 0 Å². The standard InChI is InChI=1S/C11H19N3O3S/c1-13-18(16,17)8-7-14-10(15)11(9-12)5-3-2-4-6-11/h13H,2-8H2,1H3,(H,14,15). The smallest absolute Gasteiger partial charge is 0.240 e. The molecule has 0 unspecified atom stereocenters. The van der Waals surface area contributed by atoms with Crippen molar-refractivity contribution < 1.29 is 13.2 Å². The maximum absolute atomic E-state index is 12.0. The molecule has 0 spiro atoms. The Balaban J connectivity index is 2.52. The summed E-state index contributed by atoms with van der Waals surface area (Å²) in [6, 6.07) is 2.10. The minimum Gasteiger partial charge on any atom is -0.354 e. The molecule has 0 heterocycles. The Hall–Kier alpha value is -1.13. The molecule has 0 aromatic rings. The molecular weight excluding hydrogens is 254 g/mol. The lowest BCUT2D eigenvalue weighted by molar-refractivity contribution is -0.129. The molecular formula is C11H19N3O3S. The zero-order chi connectivity index (χ0) is 13.6. The van der Waals surface area contributed by atoms with Crippen molar-refractivity contribution in [2.24, 2.45) is 5.41 Å². The fourth-order valence-corrected chi connectivity index (χ4v) is 2.69. The molecule has 0 saturated heterocycles. The first-order valence-electron chi connectivity index (χ1n) is 6.06. The molecule has 0 aromatic heterocycles. The van der Waals surface area contributed by atoms with Gasteiger partial charge in [0.1, 0.15) is 5.41 Å². The summed E-state index contributed by atoms with van der Waals surface area (Å²) in [5.74, 6) is -0.507. The number of carbonyl (C=O) groups excluding carboxylic acids is 1. The molecule has 0 radical (unpaired) electrons. The molecule has 7 heteroatoms. The van der Waals surface area contributed by atoms with Gasteiger partial charge in [-0.25, -0.2) is 13.1 Å². The third-order valence-electron chi connectivity index (χ3n) is 3.32. The van der Waals surface area contributed by atoms with E-state index in [0.29, 0.717) is 12.8 Å². The van der Waals surface area contributed by atoms with Crippen LogP contribution in [0.1, 0.15) is 32.1 Å². The van der Waals surface area contributed by atoms with E-state index in [9.17, 15) is 18.5 Å². The van der Waals surface area contributed by atoms with E-state index >= 15 is 0 Å². The van der Waals surface area contributed by atoms with Gasteiger partial charge in [-0.3, -0.25) is 4.79 Å². The van der Waals surface area contributed by atoms with Crippen LogP contribution >= 0.6 is 0 Å².